The first kappa shape index (κ1) is 12.5. The van der Waals surface area contributed by atoms with Gasteiger partial charge in [0.05, 0.1) is 6.54 Å². The summed E-state index contributed by atoms with van der Waals surface area (Å²) < 4.78 is 5.62. The maximum absolute atomic E-state index is 11.9. The van der Waals surface area contributed by atoms with Crippen molar-refractivity contribution in [3.05, 3.63) is 35.9 Å². The number of carbonyl (C=O) groups excluding carboxylic acids is 1. The molecule has 1 atom stereocenters. The zero-order valence-corrected chi connectivity index (χ0v) is 11.1. The first-order chi connectivity index (χ1) is 9.27. The molecule has 0 radical (unpaired) electrons. The lowest BCUT2D eigenvalue weighted by Crippen LogP contribution is -2.48. The van der Waals surface area contributed by atoms with Crippen molar-refractivity contribution in [2.24, 2.45) is 0 Å². The lowest BCUT2D eigenvalue weighted by molar-refractivity contribution is 0.0366. The molecule has 2 aliphatic heterocycles. The van der Waals surface area contributed by atoms with E-state index in [2.05, 4.69) is 17.4 Å². The van der Waals surface area contributed by atoms with Gasteiger partial charge in [-0.2, -0.15) is 0 Å². The summed E-state index contributed by atoms with van der Waals surface area (Å²) in [6, 6.07) is 10.3. The van der Waals surface area contributed by atoms with Crippen LogP contribution < -0.4 is 5.32 Å². The molecule has 4 heteroatoms. The minimum Gasteiger partial charge on any atom is -0.440 e. The monoisotopic (exact) mass is 260 g/mol. The lowest BCUT2D eigenvalue weighted by Gasteiger charge is -2.31. The number of nitrogens with zero attached hydrogens (tertiary/aromatic N) is 1. The molecule has 1 aromatic rings. The fourth-order valence-corrected chi connectivity index (χ4v) is 2.94. The topological polar surface area (TPSA) is 41.6 Å². The second kappa shape index (κ2) is 5.21. The van der Waals surface area contributed by atoms with Gasteiger partial charge in [0, 0.05) is 13.1 Å². The van der Waals surface area contributed by atoms with Crippen LogP contribution in [-0.4, -0.2) is 42.8 Å². The summed E-state index contributed by atoms with van der Waals surface area (Å²) >= 11 is 0. The molecule has 0 aliphatic carbocycles. The third kappa shape index (κ3) is 2.73. The molecule has 2 heterocycles. The van der Waals surface area contributed by atoms with Crippen LogP contribution >= 0.6 is 0 Å². The van der Waals surface area contributed by atoms with Gasteiger partial charge >= 0.3 is 6.09 Å². The Morgan fingerprint density at radius 1 is 1.32 bits per heavy atom. The Balaban J connectivity index is 1.58. The van der Waals surface area contributed by atoms with Crippen LogP contribution in [0.1, 0.15) is 18.4 Å². The molecule has 2 aliphatic rings. The normalized spacial score (nSPS) is 26.7. The van der Waals surface area contributed by atoms with Crippen molar-refractivity contribution < 1.29 is 9.53 Å². The Kier molecular flexibility index (Phi) is 3.42. The standard InChI is InChI=1S/C15H20N2O2/c18-14-17(10-7-13-5-2-1-3-6-13)12-15(19-14)8-4-9-16-11-15/h1-3,5-6,16H,4,7-12H2. The predicted molar refractivity (Wildman–Crippen MR) is 73.0 cm³/mol. The summed E-state index contributed by atoms with van der Waals surface area (Å²) in [5.74, 6) is 0. The van der Waals surface area contributed by atoms with Crippen molar-refractivity contribution in [1.82, 2.24) is 10.2 Å². The number of amides is 1. The van der Waals surface area contributed by atoms with E-state index in [1.165, 1.54) is 5.56 Å². The summed E-state index contributed by atoms with van der Waals surface area (Å²) in [7, 11) is 0. The number of hydrogen-bond acceptors (Lipinski definition) is 3. The SMILES string of the molecule is O=C1OC2(CCCNC2)CN1CCc1ccccc1. The van der Waals surface area contributed by atoms with Crippen LogP contribution in [-0.2, 0) is 11.2 Å². The number of hydrogen-bond donors (Lipinski definition) is 1. The molecule has 1 unspecified atom stereocenters. The molecule has 2 saturated heterocycles. The second-order valence-corrected chi connectivity index (χ2v) is 5.49. The molecule has 102 valence electrons. The quantitative estimate of drug-likeness (QED) is 0.901. The van der Waals surface area contributed by atoms with Gasteiger partial charge in [0.1, 0.15) is 5.60 Å². The summed E-state index contributed by atoms with van der Waals surface area (Å²) in [6.45, 7) is 3.29. The summed E-state index contributed by atoms with van der Waals surface area (Å²) in [5.41, 5.74) is 0.990. The molecule has 1 spiro atoms. The molecule has 0 aromatic heterocycles. The molecule has 1 amide bonds. The fourth-order valence-electron chi connectivity index (χ4n) is 2.94. The summed E-state index contributed by atoms with van der Waals surface area (Å²) in [5, 5.41) is 3.33. The molecule has 0 saturated carbocycles. The van der Waals surface area contributed by atoms with E-state index in [-0.39, 0.29) is 11.7 Å². The van der Waals surface area contributed by atoms with Gasteiger partial charge in [0.2, 0.25) is 0 Å². The third-order valence-electron chi connectivity index (χ3n) is 3.99. The number of rotatable bonds is 3. The molecular weight excluding hydrogens is 240 g/mol. The maximum Gasteiger partial charge on any atom is 0.410 e. The van der Waals surface area contributed by atoms with Crippen LogP contribution in [0.25, 0.3) is 0 Å². The van der Waals surface area contributed by atoms with Crippen LogP contribution in [0.3, 0.4) is 0 Å². The van der Waals surface area contributed by atoms with Gasteiger partial charge in [-0.15, -0.1) is 0 Å². The van der Waals surface area contributed by atoms with E-state index in [0.29, 0.717) is 0 Å². The summed E-state index contributed by atoms with van der Waals surface area (Å²) in [4.78, 5) is 13.8. The number of piperidine rings is 1. The predicted octanol–water partition coefficient (Wildman–Crippen LogP) is 1.80. The van der Waals surface area contributed by atoms with Crippen molar-refractivity contribution in [3.63, 3.8) is 0 Å². The molecular formula is C15H20N2O2. The summed E-state index contributed by atoms with van der Waals surface area (Å²) in [6.07, 6.45) is 2.80. The average molecular weight is 260 g/mol. The largest absolute Gasteiger partial charge is 0.440 e. The van der Waals surface area contributed by atoms with Gasteiger partial charge in [0.15, 0.2) is 0 Å². The van der Waals surface area contributed by atoms with Crippen molar-refractivity contribution in [2.45, 2.75) is 24.9 Å². The number of nitrogens with one attached hydrogen (secondary N) is 1. The molecule has 3 rings (SSSR count). The van der Waals surface area contributed by atoms with Crippen molar-refractivity contribution in [2.75, 3.05) is 26.2 Å². The van der Waals surface area contributed by atoms with E-state index in [9.17, 15) is 4.79 Å². The van der Waals surface area contributed by atoms with Gasteiger partial charge in [-0.3, -0.25) is 0 Å². The third-order valence-corrected chi connectivity index (χ3v) is 3.99. The van der Waals surface area contributed by atoms with E-state index in [1.54, 1.807) is 0 Å². The minimum atomic E-state index is -0.272. The molecule has 19 heavy (non-hydrogen) atoms. The van der Waals surface area contributed by atoms with E-state index >= 15 is 0 Å². The van der Waals surface area contributed by atoms with Gasteiger partial charge < -0.3 is 15.0 Å². The molecule has 4 nitrogen and oxygen atoms in total. The number of carbonyl (C=O) groups is 1. The van der Waals surface area contributed by atoms with Crippen molar-refractivity contribution in [3.8, 4) is 0 Å². The Morgan fingerprint density at radius 2 is 2.16 bits per heavy atom. The Hall–Kier alpha value is -1.55. The first-order valence-corrected chi connectivity index (χ1v) is 7.00. The number of benzene rings is 1. The maximum atomic E-state index is 11.9. The molecule has 0 bridgehead atoms. The van der Waals surface area contributed by atoms with Gasteiger partial charge in [-0.1, -0.05) is 30.3 Å². The average Bonchev–Trinajstić information content (AvgIpc) is 2.74. The Morgan fingerprint density at radius 3 is 2.89 bits per heavy atom. The van der Waals surface area contributed by atoms with Crippen LogP contribution in [0.2, 0.25) is 0 Å². The number of ether oxygens (including phenoxy) is 1. The molecule has 2 fully saturated rings. The van der Waals surface area contributed by atoms with Gasteiger partial charge in [-0.25, -0.2) is 4.79 Å². The Bertz CT molecular complexity index is 441. The highest BCUT2D eigenvalue weighted by Gasteiger charge is 2.45. The van der Waals surface area contributed by atoms with E-state index < -0.39 is 0 Å². The highest BCUT2D eigenvalue weighted by atomic mass is 16.6. The van der Waals surface area contributed by atoms with E-state index in [1.807, 2.05) is 23.1 Å². The van der Waals surface area contributed by atoms with Crippen LogP contribution in [0.15, 0.2) is 30.3 Å². The van der Waals surface area contributed by atoms with Crippen molar-refractivity contribution >= 4 is 6.09 Å². The fraction of sp³-hybridized carbons (Fsp3) is 0.533. The van der Waals surface area contributed by atoms with Crippen molar-refractivity contribution in [1.29, 1.82) is 0 Å². The smallest absolute Gasteiger partial charge is 0.410 e. The Labute approximate surface area is 113 Å². The second-order valence-electron chi connectivity index (χ2n) is 5.49. The highest BCUT2D eigenvalue weighted by Crippen LogP contribution is 2.29. The zero-order valence-electron chi connectivity index (χ0n) is 11.1. The highest BCUT2D eigenvalue weighted by molar-refractivity contribution is 5.70. The molecule has 1 N–H and O–H groups in total. The zero-order chi connectivity index (χ0) is 13.1. The van der Waals surface area contributed by atoms with E-state index in [0.717, 1.165) is 45.4 Å². The minimum absolute atomic E-state index is 0.153. The van der Waals surface area contributed by atoms with E-state index in [4.69, 9.17) is 4.74 Å². The first-order valence-electron chi connectivity index (χ1n) is 7.00. The van der Waals surface area contributed by atoms with Gasteiger partial charge in [0.25, 0.3) is 0 Å². The van der Waals surface area contributed by atoms with Crippen LogP contribution in [0.5, 0.6) is 0 Å². The van der Waals surface area contributed by atoms with Crippen LogP contribution in [0, 0.1) is 0 Å². The lowest BCUT2D eigenvalue weighted by atomic mass is 9.94. The van der Waals surface area contributed by atoms with Crippen LogP contribution in [0.4, 0.5) is 4.79 Å². The van der Waals surface area contributed by atoms with Gasteiger partial charge in [-0.05, 0) is 31.4 Å². The molecule has 1 aromatic carbocycles.